The lowest BCUT2D eigenvalue weighted by Gasteiger charge is -2.28. The normalized spacial score (nSPS) is 20.5. The number of carbonyl (C=O) groups is 2. The average Bonchev–Trinajstić information content (AvgIpc) is 2.65. The third kappa shape index (κ3) is 3.76. The fraction of sp³-hybridized carbons (Fsp3) is 0.444. The summed E-state index contributed by atoms with van der Waals surface area (Å²) in [5.41, 5.74) is 1.10. The van der Waals surface area contributed by atoms with Crippen LogP contribution in [0.25, 0.3) is 6.08 Å². The summed E-state index contributed by atoms with van der Waals surface area (Å²) < 4.78 is 16.2. The van der Waals surface area contributed by atoms with Crippen LogP contribution in [0.2, 0.25) is 0 Å². The highest BCUT2D eigenvalue weighted by Crippen LogP contribution is 2.35. The summed E-state index contributed by atoms with van der Waals surface area (Å²) in [7, 11) is 1.55. The number of hydrogen-bond donors (Lipinski definition) is 2. The molecule has 1 aromatic rings. The minimum Gasteiger partial charge on any atom is -0.493 e. The van der Waals surface area contributed by atoms with E-state index in [0.29, 0.717) is 36.7 Å². The van der Waals surface area contributed by atoms with Crippen LogP contribution in [0.4, 0.5) is 0 Å². The Kier molecular flexibility index (Phi) is 5.23. The van der Waals surface area contributed by atoms with Crippen molar-refractivity contribution in [3.63, 3.8) is 0 Å². The number of benzene rings is 1. The number of carboxylic acid groups (broad SMARTS) is 1. The van der Waals surface area contributed by atoms with Gasteiger partial charge < -0.3 is 24.6 Å². The number of methoxy groups -OCH3 is 1. The zero-order valence-electron chi connectivity index (χ0n) is 14.0. The van der Waals surface area contributed by atoms with E-state index in [2.05, 4.69) is 5.32 Å². The van der Waals surface area contributed by atoms with Gasteiger partial charge in [0.15, 0.2) is 11.5 Å². The van der Waals surface area contributed by atoms with Crippen molar-refractivity contribution >= 4 is 18.0 Å². The lowest BCUT2D eigenvalue weighted by Crippen LogP contribution is -2.49. The van der Waals surface area contributed by atoms with Crippen molar-refractivity contribution in [3.05, 3.63) is 29.3 Å². The molecule has 2 aliphatic rings. The smallest absolute Gasteiger partial charge is 0.326 e. The van der Waals surface area contributed by atoms with Crippen molar-refractivity contribution in [2.45, 2.75) is 18.9 Å². The van der Waals surface area contributed by atoms with Crippen molar-refractivity contribution in [2.24, 2.45) is 5.92 Å². The fourth-order valence-electron chi connectivity index (χ4n) is 3.12. The van der Waals surface area contributed by atoms with Crippen molar-refractivity contribution < 1.29 is 28.9 Å². The molecule has 2 aliphatic heterocycles. The molecule has 2 N–H and O–H groups in total. The van der Waals surface area contributed by atoms with E-state index in [1.807, 2.05) is 6.07 Å². The summed E-state index contributed by atoms with van der Waals surface area (Å²) in [6, 6.07) is 4.42. The Bertz CT molecular complexity index is 693. The molecule has 2 heterocycles. The number of ether oxygens (including phenoxy) is 3. The topological polar surface area (TPSA) is 94.1 Å². The highest BCUT2D eigenvalue weighted by molar-refractivity contribution is 6.01. The van der Waals surface area contributed by atoms with Crippen LogP contribution >= 0.6 is 0 Å². The van der Waals surface area contributed by atoms with Gasteiger partial charge in [0.1, 0.15) is 12.6 Å². The second-order valence-electron chi connectivity index (χ2n) is 6.10. The largest absolute Gasteiger partial charge is 0.493 e. The molecule has 1 amide bonds. The molecule has 0 radical (unpaired) electrons. The van der Waals surface area contributed by atoms with Gasteiger partial charge in [0.25, 0.3) is 5.91 Å². The number of rotatable bonds is 5. The number of nitrogens with one attached hydrogen (secondary N) is 1. The molecule has 7 nitrogen and oxygen atoms in total. The first kappa shape index (κ1) is 17.3. The first-order chi connectivity index (χ1) is 12.1. The van der Waals surface area contributed by atoms with Crippen LogP contribution in [-0.4, -0.2) is 50.0 Å². The number of para-hydroxylation sites is 1. The molecule has 1 fully saturated rings. The third-order valence-corrected chi connectivity index (χ3v) is 4.44. The van der Waals surface area contributed by atoms with Crippen molar-refractivity contribution in [1.29, 1.82) is 0 Å². The molecule has 0 bridgehead atoms. The summed E-state index contributed by atoms with van der Waals surface area (Å²) in [6.45, 7) is 1.04. The number of amides is 1. The van der Waals surface area contributed by atoms with Gasteiger partial charge >= 0.3 is 5.97 Å². The Hall–Kier alpha value is -2.54. The van der Waals surface area contributed by atoms with Gasteiger partial charge in [-0.1, -0.05) is 12.1 Å². The Morgan fingerprint density at radius 1 is 1.40 bits per heavy atom. The number of fused-ring (bicyclic) bond motifs is 1. The molecule has 0 saturated carbocycles. The molecule has 0 aliphatic carbocycles. The Balaban J connectivity index is 1.75. The third-order valence-electron chi connectivity index (χ3n) is 4.44. The minimum atomic E-state index is -1.05. The molecular formula is C18H21NO6. The fourth-order valence-corrected chi connectivity index (χ4v) is 3.12. The highest BCUT2D eigenvalue weighted by atomic mass is 16.5. The first-order valence-electron chi connectivity index (χ1n) is 8.22. The molecule has 0 spiro atoms. The van der Waals surface area contributed by atoms with Crippen LogP contribution < -0.4 is 14.8 Å². The van der Waals surface area contributed by atoms with Gasteiger partial charge in [0.05, 0.1) is 19.3 Å². The molecule has 25 heavy (non-hydrogen) atoms. The maximum Gasteiger partial charge on any atom is 0.326 e. The van der Waals surface area contributed by atoms with E-state index in [1.54, 1.807) is 25.3 Å². The molecule has 2 atom stereocenters. The summed E-state index contributed by atoms with van der Waals surface area (Å²) in [5.74, 6) is -0.546. The minimum absolute atomic E-state index is 0.0622. The van der Waals surface area contributed by atoms with Gasteiger partial charge in [-0.25, -0.2) is 4.79 Å². The molecule has 0 aromatic heterocycles. The molecular weight excluding hydrogens is 326 g/mol. The van der Waals surface area contributed by atoms with E-state index >= 15 is 0 Å². The van der Waals surface area contributed by atoms with Crippen LogP contribution in [0.15, 0.2) is 23.8 Å². The molecule has 2 unspecified atom stereocenters. The zero-order chi connectivity index (χ0) is 17.8. The predicted molar refractivity (Wildman–Crippen MR) is 89.6 cm³/mol. The lowest BCUT2D eigenvalue weighted by atomic mass is 9.93. The molecule has 7 heteroatoms. The van der Waals surface area contributed by atoms with Crippen molar-refractivity contribution in [2.75, 3.05) is 26.9 Å². The van der Waals surface area contributed by atoms with Crippen molar-refractivity contribution in [1.82, 2.24) is 5.32 Å². The number of aliphatic carboxylic acids is 1. The Morgan fingerprint density at radius 2 is 2.24 bits per heavy atom. The second kappa shape index (κ2) is 7.57. The van der Waals surface area contributed by atoms with Crippen LogP contribution in [0.1, 0.15) is 18.4 Å². The van der Waals surface area contributed by atoms with E-state index in [9.17, 15) is 14.7 Å². The monoisotopic (exact) mass is 347 g/mol. The van der Waals surface area contributed by atoms with Crippen LogP contribution in [-0.2, 0) is 14.3 Å². The first-order valence-corrected chi connectivity index (χ1v) is 8.22. The van der Waals surface area contributed by atoms with E-state index < -0.39 is 17.9 Å². The molecule has 1 saturated heterocycles. The Morgan fingerprint density at radius 3 is 2.92 bits per heavy atom. The predicted octanol–water partition coefficient (Wildman–Crippen LogP) is 1.47. The number of carbonyl (C=O) groups excluding carboxylic acids is 1. The summed E-state index contributed by atoms with van der Waals surface area (Å²) >= 11 is 0. The lowest BCUT2D eigenvalue weighted by molar-refractivity contribution is -0.144. The maximum absolute atomic E-state index is 12.5. The molecule has 134 valence electrons. The SMILES string of the molecule is COc1cccc2c1OCC(C(=O)NC(C(=O)O)C1CCCOC1)=C2. The van der Waals surface area contributed by atoms with Crippen molar-refractivity contribution in [3.8, 4) is 11.5 Å². The van der Waals surface area contributed by atoms with Crippen LogP contribution in [0, 0.1) is 5.92 Å². The number of hydrogen-bond acceptors (Lipinski definition) is 5. The average molecular weight is 347 g/mol. The van der Waals surface area contributed by atoms with Gasteiger partial charge in [-0.3, -0.25) is 4.79 Å². The number of carboxylic acids is 1. The van der Waals surface area contributed by atoms with Gasteiger partial charge in [0, 0.05) is 18.1 Å². The molecule has 3 rings (SSSR count). The quantitative estimate of drug-likeness (QED) is 0.838. The van der Waals surface area contributed by atoms with Gasteiger partial charge in [-0.05, 0) is 25.0 Å². The van der Waals surface area contributed by atoms with Crippen LogP contribution in [0.3, 0.4) is 0 Å². The highest BCUT2D eigenvalue weighted by Gasteiger charge is 2.32. The standard InChI is InChI=1S/C18H21NO6/c1-23-14-6-2-4-11-8-13(10-25-16(11)14)17(20)19-15(18(21)22)12-5-3-7-24-9-12/h2,4,6,8,12,15H,3,5,7,9-10H2,1H3,(H,19,20)(H,21,22). The van der Waals surface area contributed by atoms with E-state index in [1.165, 1.54) is 0 Å². The summed E-state index contributed by atoms with van der Waals surface area (Å²) in [4.78, 5) is 24.1. The Labute approximate surface area is 145 Å². The maximum atomic E-state index is 12.5. The summed E-state index contributed by atoms with van der Waals surface area (Å²) in [6.07, 6.45) is 3.21. The van der Waals surface area contributed by atoms with E-state index in [4.69, 9.17) is 14.2 Å². The van der Waals surface area contributed by atoms with Gasteiger partial charge in [0.2, 0.25) is 0 Å². The second-order valence-corrected chi connectivity index (χ2v) is 6.10. The van der Waals surface area contributed by atoms with Gasteiger partial charge in [-0.2, -0.15) is 0 Å². The van der Waals surface area contributed by atoms with Crippen LogP contribution in [0.5, 0.6) is 11.5 Å². The summed E-state index contributed by atoms with van der Waals surface area (Å²) in [5, 5.41) is 12.1. The molecule has 1 aromatic carbocycles. The van der Waals surface area contributed by atoms with E-state index in [0.717, 1.165) is 12.0 Å². The zero-order valence-corrected chi connectivity index (χ0v) is 14.0. The van der Waals surface area contributed by atoms with E-state index in [-0.39, 0.29) is 12.5 Å². The van der Waals surface area contributed by atoms with Gasteiger partial charge in [-0.15, -0.1) is 0 Å².